The number of carboxylic acid groups (broad SMARTS) is 1. The molecular weight excluding hydrogens is 544 g/mol. The Balaban J connectivity index is 1.20. The van der Waals surface area contributed by atoms with Crippen LogP contribution in [-0.4, -0.2) is 36.1 Å². The molecule has 0 radical (unpaired) electrons. The van der Waals surface area contributed by atoms with Crippen molar-refractivity contribution in [2.24, 2.45) is 0 Å². The maximum Gasteiger partial charge on any atom is 0.326 e. The Morgan fingerprint density at radius 3 is 2.19 bits per heavy atom. The number of aliphatic carboxylic acids is 1. The van der Waals surface area contributed by atoms with E-state index in [4.69, 9.17) is 4.74 Å². The number of para-hydroxylation sites is 2. The number of rotatable bonds is 14. The summed E-state index contributed by atoms with van der Waals surface area (Å²) >= 11 is 1.74. The van der Waals surface area contributed by atoms with Crippen LogP contribution in [0.25, 0.3) is 0 Å². The van der Waals surface area contributed by atoms with E-state index in [9.17, 15) is 14.7 Å². The Kier molecular flexibility index (Phi) is 9.65. The number of nitrogens with zero attached hydrogens (tertiary/aromatic N) is 1. The molecule has 0 aliphatic heterocycles. The van der Waals surface area contributed by atoms with Crippen LogP contribution in [0.15, 0.2) is 127 Å². The molecule has 7 heteroatoms. The summed E-state index contributed by atoms with van der Waals surface area (Å²) in [6.07, 6.45) is 0.242. The number of carbonyl (C=O) groups excluding carboxylic acids is 1. The van der Waals surface area contributed by atoms with Crippen LogP contribution in [0.3, 0.4) is 0 Å². The Morgan fingerprint density at radius 1 is 0.810 bits per heavy atom. The van der Waals surface area contributed by atoms with Gasteiger partial charge in [0.05, 0.1) is 13.1 Å². The minimum absolute atomic E-state index is 0.162. The zero-order valence-electron chi connectivity index (χ0n) is 23.1. The standard InChI is InChI=1S/C35H32N2O4S/c38-34(27-10-3-1-4-11-27)31-15-7-8-16-32(31)36-33(35(39)40)24-26-17-19-29(20-18-26)41-22-21-37(25-30-14-9-23-42-30)28-12-5-2-6-13-28/h1-20,23,33,36H,21-22,24-25H2,(H,39,40)/t33-/m0/s1. The zero-order valence-corrected chi connectivity index (χ0v) is 23.9. The summed E-state index contributed by atoms with van der Waals surface area (Å²) in [5.41, 5.74) is 3.46. The molecule has 0 fully saturated rings. The van der Waals surface area contributed by atoms with Crippen molar-refractivity contribution in [1.82, 2.24) is 0 Å². The number of hydrogen-bond donors (Lipinski definition) is 2. The number of thiophene rings is 1. The van der Waals surface area contributed by atoms with Crippen LogP contribution in [0.4, 0.5) is 11.4 Å². The Labute approximate surface area is 249 Å². The number of ether oxygens (including phenoxy) is 1. The van der Waals surface area contributed by atoms with Gasteiger partial charge in [0.2, 0.25) is 0 Å². The topological polar surface area (TPSA) is 78.9 Å². The van der Waals surface area contributed by atoms with Crippen molar-refractivity contribution in [1.29, 1.82) is 0 Å². The second-order valence-corrected chi connectivity index (χ2v) is 10.8. The molecule has 212 valence electrons. The predicted molar refractivity (Wildman–Crippen MR) is 169 cm³/mol. The molecule has 0 saturated carbocycles. The third-order valence-corrected chi connectivity index (χ3v) is 7.74. The molecule has 0 bridgehead atoms. The lowest BCUT2D eigenvalue weighted by molar-refractivity contribution is -0.137. The van der Waals surface area contributed by atoms with Crippen molar-refractivity contribution < 1.29 is 19.4 Å². The molecule has 1 heterocycles. The summed E-state index contributed by atoms with van der Waals surface area (Å²) in [6, 6.07) is 37.1. The summed E-state index contributed by atoms with van der Waals surface area (Å²) in [6.45, 7) is 2.04. The summed E-state index contributed by atoms with van der Waals surface area (Å²) < 4.78 is 6.06. The van der Waals surface area contributed by atoms with Crippen molar-refractivity contribution in [3.63, 3.8) is 0 Å². The highest BCUT2D eigenvalue weighted by Crippen LogP contribution is 2.23. The van der Waals surface area contributed by atoms with Gasteiger partial charge < -0.3 is 20.1 Å². The van der Waals surface area contributed by atoms with Gasteiger partial charge in [-0.3, -0.25) is 4.79 Å². The minimum Gasteiger partial charge on any atom is -0.492 e. The van der Waals surface area contributed by atoms with Crippen molar-refractivity contribution >= 4 is 34.5 Å². The Hall–Kier alpha value is -4.88. The smallest absolute Gasteiger partial charge is 0.326 e. The summed E-state index contributed by atoms with van der Waals surface area (Å²) in [7, 11) is 0. The molecule has 42 heavy (non-hydrogen) atoms. The molecule has 5 aromatic rings. The van der Waals surface area contributed by atoms with E-state index >= 15 is 0 Å². The molecule has 0 unspecified atom stereocenters. The second-order valence-electron chi connectivity index (χ2n) is 9.81. The fourth-order valence-corrected chi connectivity index (χ4v) is 5.42. The lowest BCUT2D eigenvalue weighted by Gasteiger charge is -2.24. The Bertz CT molecular complexity index is 1570. The molecule has 1 atom stereocenters. The van der Waals surface area contributed by atoms with E-state index < -0.39 is 12.0 Å². The summed E-state index contributed by atoms with van der Waals surface area (Å²) in [5.74, 6) is -0.434. The minimum atomic E-state index is -0.996. The molecule has 0 amide bonds. The third-order valence-electron chi connectivity index (χ3n) is 6.88. The summed E-state index contributed by atoms with van der Waals surface area (Å²) in [5, 5.41) is 15.1. The number of carbonyl (C=O) groups is 2. The van der Waals surface area contributed by atoms with E-state index in [1.807, 2.05) is 48.5 Å². The lowest BCUT2D eigenvalue weighted by atomic mass is 10.00. The molecule has 0 saturated heterocycles. The van der Waals surface area contributed by atoms with Gasteiger partial charge in [0.1, 0.15) is 18.4 Å². The first-order chi connectivity index (χ1) is 20.6. The molecule has 4 aromatic carbocycles. The monoisotopic (exact) mass is 576 g/mol. The average molecular weight is 577 g/mol. The molecule has 0 aliphatic carbocycles. The molecule has 1 aromatic heterocycles. The molecule has 6 nitrogen and oxygen atoms in total. The van der Waals surface area contributed by atoms with Gasteiger partial charge in [0, 0.05) is 33.8 Å². The van der Waals surface area contributed by atoms with Crippen molar-refractivity contribution in [3.8, 4) is 5.75 Å². The molecule has 5 rings (SSSR count). The molecule has 0 aliphatic rings. The average Bonchev–Trinajstić information content (AvgIpc) is 3.55. The summed E-state index contributed by atoms with van der Waals surface area (Å²) in [4.78, 5) is 28.9. The second kappa shape index (κ2) is 14.1. The van der Waals surface area contributed by atoms with E-state index in [0.29, 0.717) is 23.4 Å². The van der Waals surface area contributed by atoms with Crippen molar-refractivity contribution in [2.75, 3.05) is 23.4 Å². The first kappa shape index (κ1) is 28.6. The first-order valence-electron chi connectivity index (χ1n) is 13.8. The first-order valence-corrected chi connectivity index (χ1v) is 14.7. The van der Waals surface area contributed by atoms with Gasteiger partial charge in [-0.1, -0.05) is 78.9 Å². The lowest BCUT2D eigenvalue weighted by Crippen LogP contribution is -2.32. The maximum absolute atomic E-state index is 13.1. The number of benzene rings is 4. The fraction of sp³-hybridized carbons (Fsp3) is 0.143. The third kappa shape index (κ3) is 7.65. The highest BCUT2D eigenvalue weighted by atomic mass is 32.1. The molecular formula is C35H32N2O4S. The SMILES string of the molecule is O=C(c1ccccc1)c1ccccc1N[C@@H](Cc1ccc(OCCN(Cc2cccs2)c2ccccc2)cc1)C(=O)O. The van der Waals surface area contributed by atoms with Crippen LogP contribution in [0.5, 0.6) is 5.75 Å². The Morgan fingerprint density at radius 2 is 1.50 bits per heavy atom. The number of ketones is 1. The van der Waals surface area contributed by atoms with E-state index in [2.05, 4.69) is 39.9 Å². The van der Waals surface area contributed by atoms with Crippen LogP contribution in [0.1, 0.15) is 26.4 Å². The number of hydrogen-bond acceptors (Lipinski definition) is 6. The number of anilines is 2. The predicted octanol–water partition coefficient (Wildman–Crippen LogP) is 7.17. The highest BCUT2D eigenvalue weighted by Gasteiger charge is 2.21. The molecule has 0 spiro atoms. The van der Waals surface area contributed by atoms with Gasteiger partial charge in [-0.25, -0.2) is 4.79 Å². The van der Waals surface area contributed by atoms with Gasteiger partial charge in [-0.15, -0.1) is 11.3 Å². The van der Waals surface area contributed by atoms with E-state index in [1.165, 1.54) is 4.88 Å². The van der Waals surface area contributed by atoms with Crippen molar-refractivity contribution in [3.05, 3.63) is 148 Å². The largest absolute Gasteiger partial charge is 0.492 e. The maximum atomic E-state index is 13.1. The van der Waals surface area contributed by atoms with Crippen molar-refractivity contribution in [2.45, 2.75) is 19.0 Å². The highest BCUT2D eigenvalue weighted by molar-refractivity contribution is 7.09. The van der Waals surface area contributed by atoms with Crippen LogP contribution < -0.4 is 15.0 Å². The van der Waals surface area contributed by atoms with E-state index in [-0.39, 0.29) is 12.2 Å². The van der Waals surface area contributed by atoms with E-state index in [0.717, 1.165) is 30.1 Å². The fourth-order valence-electron chi connectivity index (χ4n) is 4.70. The normalized spacial score (nSPS) is 11.4. The van der Waals surface area contributed by atoms with Crippen LogP contribution >= 0.6 is 11.3 Å². The van der Waals surface area contributed by atoms with Crippen LogP contribution in [-0.2, 0) is 17.8 Å². The van der Waals surface area contributed by atoms with Crippen LogP contribution in [0, 0.1) is 0 Å². The quantitative estimate of drug-likeness (QED) is 0.136. The van der Waals surface area contributed by atoms with Gasteiger partial charge in [0.15, 0.2) is 5.78 Å². The van der Waals surface area contributed by atoms with E-state index in [1.54, 1.807) is 59.9 Å². The molecule has 2 N–H and O–H groups in total. The van der Waals surface area contributed by atoms with Gasteiger partial charge in [0.25, 0.3) is 0 Å². The number of nitrogens with one attached hydrogen (secondary N) is 1. The van der Waals surface area contributed by atoms with Gasteiger partial charge in [-0.05, 0) is 53.4 Å². The zero-order chi connectivity index (χ0) is 29.1. The van der Waals surface area contributed by atoms with Gasteiger partial charge in [-0.2, -0.15) is 0 Å². The number of carboxylic acids is 1. The van der Waals surface area contributed by atoms with Crippen LogP contribution in [0.2, 0.25) is 0 Å². The van der Waals surface area contributed by atoms with Gasteiger partial charge >= 0.3 is 5.97 Å².